The Hall–Kier alpha value is -2.57. The monoisotopic (exact) mass is 317 g/mol. The number of hydrogen-bond acceptors (Lipinski definition) is 6. The Morgan fingerprint density at radius 2 is 2.04 bits per heavy atom. The van der Waals surface area contributed by atoms with E-state index in [9.17, 15) is 4.79 Å². The van der Waals surface area contributed by atoms with Gasteiger partial charge in [-0.25, -0.2) is 0 Å². The molecule has 2 aromatic rings. The fourth-order valence-electron chi connectivity index (χ4n) is 2.65. The van der Waals surface area contributed by atoms with Crippen LogP contribution in [0.25, 0.3) is 0 Å². The van der Waals surface area contributed by atoms with Crippen LogP contribution in [0, 0.1) is 0 Å². The Labute approximate surface area is 134 Å². The molecule has 2 heterocycles. The molecule has 0 spiro atoms. The number of ether oxygens (including phenoxy) is 2. The van der Waals surface area contributed by atoms with Crippen molar-refractivity contribution in [3.8, 4) is 11.8 Å². The summed E-state index contributed by atoms with van der Waals surface area (Å²) >= 11 is 0. The number of amides is 1. The highest BCUT2D eigenvalue weighted by Crippen LogP contribution is 2.23. The summed E-state index contributed by atoms with van der Waals surface area (Å²) < 4.78 is 16.0. The second-order valence-corrected chi connectivity index (χ2v) is 5.44. The van der Waals surface area contributed by atoms with Gasteiger partial charge in [-0.1, -0.05) is 0 Å². The average Bonchev–Trinajstić information content (AvgIpc) is 3.11. The lowest BCUT2D eigenvalue weighted by atomic mass is 9.93. The van der Waals surface area contributed by atoms with Crippen LogP contribution in [0.4, 0.5) is 0 Å². The van der Waals surface area contributed by atoms with Crippen LogP contribution >= 0.6 is 0 Å². The Kier molecular flexibility index (Phi) is 4.75. The van der Waals surface area contributed by atoms with Crippen molar-refractivity contribution in [1.29, 1.82) is 0 Å². The molecule has 3 rings (SSSR count). The first kappa shape index (κ1) is 15.3. The van der Waals surface area contributed by atoms with Crippen LogP contribution in [0.3, 0.4) is 0 Å². The van der Waals surface area contributed by atoms with Gasteiger partial charge in [0, 0.05) is 6.04 Å². The summed E-state index contributed by atoms with van der Waals surface area (Å²) in [6.45, 7) is 0. The van der Waals surface area contributed by atoms with Gasteiger partial charge < -0.3 is 19.2 Å². The van der Waals surface area contributed by atoms with Crippen molar-refractivity contribution in [3.63, 3.8) is 0 Å². The van der Waals surface area contributed by atoms with Gasteiger partial charge in [-0.2, -0.15) is 4.98 Å². The van der Waals surface area contributed by atoms with Crippen molar-refractivity contribution in [2.75, 3.05) is 7.11 Å². The number of carbonyl (C=O) groups excluding carboxylic acids is 1. The lowest BCUT2D eigenvalue weighted by Crippen LogP contribution is -2.39. The number of hydrogen-bond donors (Lipinski definition) is 1. The first-order chi connectivity index (χ1) is 11.2. The van der Waals surface area contributed by atoms with Crippen molar-refractivity contribution in [2.24, 2.45) is 0 Å². The van der Waals surface area contributed by atoms with Crippen molar-refractivity contribution in [1.82, 2.24) is 15.3 Å². The molecular formula is C16H19N3O4. The topological polar surface area (TPSA) is 86.5 Å². The summed E-state index contributed by atoms with van der Waals surface area (Å²) in [6.07, 6.45) is 8.09. The number of carbonyl (C=O) groups is 1. The largest absolute Gasteiger partial charge is 0.480 e. The maximum Gasteiger partial charge on any atom is 0.287 e. The van der Waals surface area contributed by atoms with Crippen LogP contribution < -0.4 is 14.8 Å². The van der Waals surface area contributed by atoms with E-state index >= 15 is 0 Å². The Morgan fingerprint density at radius 1 is 1.26 bits per heavy atom. The standard InChI is InChI=1S/C16H19N3O4/c1-21-14-9-17-10-15(19-14)23-12-6-4-11(5-7-12)18-16(20)13-3-2-8-22-13/h2-3,8-12H,4-7H2,1H3,(H,18,20). The molecule has 0 aliphatic heterocycles. The van der Waals surface area contributed by atoms with Crippen LogP contribution in [0.2, 0.25) is 0 Å². The van der Waals surface area contributed by atoms with E-state index in [1.54, 1.807) is 25.4 Å². The highest BCUT2D eigenvalue weighted by molar-refractivity contribution is 5.91. The van der Waals surface area contributed by atoms with E-state index in [-0.39, 0.29) is 18.1 Å². The predicted octanol–water partition coefficient (Wildman–Crippen LogP) is 2.20. The fourth-order valence-corrected chi connectivity index (χ4v) is 2.65. The zero-order valence-corrected chi connectivity index (χ0v) is 12.9. The molecule has 7 nitrogen and oxygen atoms in total. The molecule has 0 atom stereocenters. The quantitative estimate of drug-likeness (QED) is 0.909. The number of methoxy groups -OCH3 is 1. The van der Waals surface area contributed by atoms with Gasteiger partial charge in [0.25, 0.3) is 5.91 Å². The lowest BCUT2D eigenvalue weighted by molar-refractivity contribution is 0.0862. The molecular weight excluding hydrogens is 298 g/mol. The van der Waals surface area contributed by atoms with Crippen molar-refractivity contribution in [3.05, 3.63) is 36.5 Å². The summed E-state index contributed by atoms with van der Waals surface area (Å²) in [5, 5.41) is 2.99. The highest BCUT2D eigenvalue weighted by Gasteiger charge is 2.25. The average molecular weight is 317 g/mol. The zero-order chi connectivity index (χ0) is 16.1. The molecule has 0 unspecified atom stereocenters. The van der Waals surface area contributed by atoms with E-state index < -0.39 is 0 Å². The molecule has 0 saturated heterocycles. The minimum absolute atomic E-state index is 0.0770. The Morgan fingerprint density at radius 3 is 2.74 bits per heavy atom. The molecule has 2 aromatic heterocycles. The summed E-state index contributed by atoms with van der Waals surface area (Å²) in [6, 6.07) is 3.50. The zero-order valence-electron chi connectivity index (χ0n) is 12.9. The Bertz CT molecular complexity index is 637. The number of furan rings is 1. The van der Waals surface area contributed by atoms with Gasteiger partial charge >= 0.3 is 0 Å². The van der Waals surface area contributed by atoms with Crippen LogP contribution in [0.5, 0.6) is 11.8 Å². The summed E-state index contributed by atoms with van der Waals surface area (Å²) in [7, 11) is 1.54. The fraction of sp³-hybridized carbons (Fsp3) is 0.438. The second kappa shape index (κ2) is 7.13. The first-order valence-corrected chi connectivity index (χ1v) is 7.61. The van der Waals surface area contributed by atoms with Gasteiger partial charge in [-0.05, 0) is 37.8 Å². The van der Waals surface area contributed by atoms with E-state index in [0.717, 1.165) is 25.7 Å². The van der Waals surface area contributed by atoms with Crippen molar-refractivity contribution >= 4 is 5.91 Å². The van der Waals surface area contributed by atoms with Gasteiger partial charge in [-0.3, -0.25) is 9.78 Å². The lowest BCUT2D eigenvalue weighted by Gasteiger charge is -2.28. The minimum atomic E-state index is -0.168. The van der Waals surface area contributed by atoms with Gasteiger partial charge in [0.2, 0.25) is 11.8 Å². The SMILES string of the molecule is COc1cncc(OC2CCC(NC(=O)c3ccco3)CC2)n1. The maximum atomic E-state index is 11.9. The van der Waals surface area contributed by atoms with Gasteiger partial charge in [0.15, 0.2) is 5.76 Å². The molecule has 1 aliphatic rings. The molecule has 1 amide bonds. The molecule has 1 fully saturated rings. The molecule has 1 N–H and O–H groups in total. The number of aromatic nitrogens is 2. The van der Waals surface area contributed by atoms with E-state index in [1.807, 2.05) is 0 Å². The molecule has 0 radical (unpaired) electrons. The third kappa shape index (κ3) is 4.00. The van der Waals surface area contributed by atoms with Crippen molar-refractivity contribution < 1.29 is 18.7 Å². The van der Waals surface area contributed by atoms with Crippen LogP contribution in [-0.4, -0.2) is 35.1 Å². The highest BCUT2D eigenvalue weighted by atomic mass is 16.5. The predicted molar refractivity (Wildman–Crippen MR) is 81.4 cm³/mol. The van der Waals surface area contributed by atoms with Gasteiger partial charge in [0.05, 0.1) is 25.8 Å². The molecule has 122 valence electrons. The first-order valence-electron chi connectivity index (χ1n) is 7.61. The summed E-state index contributed by atoms with van der Waals surface area (Å²) in [4.78, 5) is 20.2. The summed E-state index contributed by atoms with van der Waals surface area (Å²) in [5.41, 5.74) is 0. The number of nitrogens with zero attached hydrogens (tertiary/aromatic N) is 2. The third-order valence-electron chi connectivity index (χ3n) is 3.84. The van der Waals surface area contributed by atoms with E-state index in [0.29, 0.717) is 17.5 Å². The van der Waals surface area contributed by atoms with Crippen LogP contribution in [0.1, 0.15) is 36.2 Å². The van der Waals surface area contributed by atoms with Gasteiger partial charge in [-0.15, -0.1) is 0 Å². The number of rotatable bonds is 5. The molecule has 7 heteroatoms. The van der Waals surface area contributed by atoms with Gasteiger partial charge in [0.1, 0.15) is 6.10 Å². The smallest absolute Gasteiger partial charge is 0.287 e. The van der Waals surface area contributed by atoms with E-state index in [4.69, 9.17) is 13.9 Å². The molecule has 0 bridgehead atoms. The minimum Gasteiger partial charge on any atom is -0.480 e. The summed E-state index contributed by atoms with van der Waals surface area (Å²) in [5.74, 6) is 1.07. The Balaban J connectivity index is 1.47. The third-order valence-corrected chi connectivity index (χ3v) is 3.84. The van der Waals surface area contributed by atoms with E-state index in [1.165, 1.54) is 12.5 Å². The molecule has 23 heavy (non-hydrogen) atoms. The number of nitrogens with one attached hydrogen (secondary N) is 1. The maximum absolute atomic E-state index is 11.9. The molecule has 1 aliphatic carbocycles. The van der Waals surface area contributed by atoms with E-state index in [2.05, 4.69) is 15.3 Å². The second-order valence-electron chi connectivity index (χ2n) is 5.44. The van der Waals surface area contributed by atoms with Crippen LogP contribution in [-0.2, 0) is 0 Å². The molecule has 0 aromatic carbocycles. The van der Waals surface area contributed by atoms with Crippen molar-refractivity contribution in [2.45, 2.75) is 37.8 Å². The van der Waals surface area contributed by atoms with Crippen LogP contribution in [0.15, 0.2) is 35.2 Å². The normalized spacial score (nSPS) is 20.7. The molecule has 1 saturated carbocycles.